The first-order valence-corrected chi connectivity index (χ1v) is 5.37. The largest absolute Gasteiger partial charge is 0.294 e. The number of hydrogen-bond donors (Lipinski definition) is 2. The average Bonchev–Trinajstić information content (AvgIpc) is 2.76. The van der Waals surface area contributed by atoms with Crippen LogP contribution in [0.15, 0.2) is 47.6 Å². The summed E-state index contributed by atoms with van der Waals surface area (Å²) >= 11 is 0. The lowest BCUT2D eigenvalue weighted by Gasteiger charge is -1.92. The number of aromatic nitrogens is 3. The van der Waals surface area contributed by atoms with Crippen molar-refractivity contribution in [2.45, 2.75) is 4.90 Å². The number of hydrogen-bond acceptors (Lipinski definition) is 4. The van der Waals surface area contributed by atoms with Crippen LogP contribution in [0.5, 0.6) is 0 Å². The highest BCUT2D eigenvalue weighted by Crippen LogP contribution is 2.05. The fourth-order valence-electron chi connectivity index (χ4n) is 0.759. The number of rotatable bonds is 1. The molecule has 0 saturated heterocycles. The van der Waals surface area contributed by atoms with Crippen LogP contribution in [0.4, 0.5) is 0 Å². The van der Waals surface area contributed by atoms with Crippen molar-refractivity contribution in [1.82, 2.24) is 15.4 Å². The fourth-order valence-corrected chi connectivity index (χ4v) is 1.26. The van der Waals surface area contributed by atoms with Crippen LogP contribution in [0.2, 0.25) is 0 Å². The maximum Gasteiger partial charge on any atom is 0.294 e. The van der Waals surface area contributed by atoms with Gasteiger partial charge in [0, 0.05) is 6.20 Å². The lowest BCUT2D eigenvalue weighted by Crippen LogP contribution is -1.96. The molecule has 0 spiro atoms. The lowest BCUT2D eigenvalue weighted by molar-refractivity contribution is 0.483. The normalized spacial score (nSPS) is 10.2. The van der Waals surface area contributed by atoms with Crippen LogP contribution in [-0.2, 0) is 10.1 Å². The van der Waals surface area contributed by atoms with Crippen LogP contribution in [0.25, 0.3) is 0 Å². The second kappa shape index (κ2) is 5.23. The molecule has 0 amide bonds. The molecule has 0 bridgehead atoms. The van der Waals surface area contributed by atoms with Gasteiger partial charge in [0.25, 0.3) is 10.1 Å². The number of benzene rings is 1. The number of H-pyrrole nitrogens is 1. The van der Waals surface area contributed by atoms with Gasteiger partial charge in [-0.25, -0.2) is 0 Å². The highest BCUT2D eigenvalue weighted by Gasteiger charge is 2.05. The first-order chi connectivity index (χ1) is 7.11. The fraction of sp³-hybridized carbons (Fsp3) is 0. The average molecular weight is 227 g/mol. The molecule has 0 aliphatic rings. The number of nitrogens with one attached hydrogen (secondary N) is 1. The minimum atomic E-state index is -4.00. The van der Waals surface area contributed by atoms with Gasteiger partial charge in [0.15, 0.2) is 0 Å². The Hall–Kier alpha value is -1.73. The molecular weight excluding hydrogens is 218 g/mol. The SMILES string of the molecule is O=S(=O)(O)c1ccccc1.c1c[nH]nn1. The summed E-state index contributed by atoms with van der Waals surface area (Å²) in [6.07, 6.45) is 3.24. The third-order valence-electron chi connectivity index (χ3n) is 1.37. The number of aromatic amines is 1. The van der Waals surface area contributed by atoms with Crippen LogP contribution in [0.1, 0.15) is 0 Å². The Balaban J connectivity index is 0.000000187. The van der Waals surface area contributed by atoms with Gasteiger partial charge in [-0.2, -0.15) is 8.42 Å². The molecule has 0 aliphatic carbocycles. The summed E-state index contributed by atoms with van der Waals surface area (Å²) in [5.74, 6) is 0. The van der Waals surface area contributed by atoms with Gasteiger partial charge in [-0.15, -0.1) is 5.10 Å². The maximum absolute atomic E-state index is 10.4. The van der Waals surface area contributed by atoms with Gasteiger partial charge < -0.3 is 0 Å². The van der Waals surface area contributed by atoms with Crippen LogP contribution < -0.4 is 0 Å². The van der Waals surface area contributed by atoms with Crippen molar-refractivity contribution < 1.29 is 13.0 Å². The van der Waals surface area contributed by atoms with E-state index in [0.717, 1.165) is 0 Å². The molecule has 80 valence electrons. The third-order valence-corrected chi connectivity index (χ3v) is 2.24. The molecule has 2 N–H and O–H groups in total. The minimum Gasteiger partial charge on any atom is -0.282 e. The molecule has 0 saturated carbocycles. The van der Waals surface area contributed by atoms with Crippen molar-refractivity contribution in [3.63, 3.8) is 0 Å². The highest BCUT2D eigenvalue weighted by molar-refractivity contribution is 7.85. The van der Waals surface area contributed by atoms with Crippen molar-refractivity contribution >= 4 is 10.1 Å². The van der Waals surface area contributed by atoms with Crippen LogP contribution >= 0.6 is 0 Å². The molecule has 0 unspecified atom stereocenters. The van der Waals surface area contributed by atoms with Gasteiger partial charge in [-0.3, -0.25) is 9.65 Å². The highest BCUT2D eigenvalue weighted by atomic mass is 32.2. The first kappa shape index (κ1) is 11.3. The summed E-state index contributed by atoms with van der Waals surface area (Å²) in [5.41, 5.74) is 0. The van der Waals surface area contributed by atoms with E-state index in [1.54, 1.807) is 30.6 Å². The van der Waals surface area contributed by atoms with Gasteiger partial charge in [-0.1, -0.05) is 23.4 Å². The van der Waals surface area contributed by atoms with Gasteiger partial charge >= 0.3 is 0 Å². The van der Waals surface area contributed by atoms with E-state index in [0.29, 0.717) is 0 Å². The van der Waals surface area contributed by atoms with E-state index in [-0.39, 0.29) is 4.90 Å². The van der Waals surface area contributed by atoms with Crippen molar-refractivity contribution in [2.24, 2.45) is 0 Å². The summed E-state index contributed by atoms with van der Waals surface area (Å²) < 4.78 is 29.2. The molecule has 2 aromatic rings. The minimum absolute atomic E-state index is 0.0741. The Morgan fingerprint density at radius 1 is 1.20 bits per heavy atom. The summed E-state index contributed by atoms with van der Waals surface area (Å²) in [6.45, 7) is 0. The summed E-state index contributed by atoms with van der Waals surface area (Å²) in [4.78, 5) is -0.0741. The second-order valence-corrected chi connectivity index (χ2v) is 3.87. The molecule has 0 radical (unpaired) electrons. The van der Waals surface area contributed by atoms with Gasteiger partial charge in [0.05, 0.1) is 11.1 Å². The van der Waals surface area contributed by atoms with E-state index in [2.05, 4.69) is 15.4 Å². The first-order valence-electron chi connectivity index (χ1n) is 3.93. The Kier molecular flexibility index (Phi) is 3.95. The second-order valence-electron chi connectivity index (χ2n) is 2.45. The van der Waals surface area contributed by atoms with E-state index in [1.807, 2.05) is 0 Å². The molecule has 2 rings (SSSR count). The smallest absolute Gasteiger partial charge is 0.282 e. The van der Waals surface area contributed by atoms with E-state index in [9.17, 15) is 8.42 Å². The Bertz CT molecular complexity index is 450. The van der Waals surface area contributed by atoms with Crippen molar-refractivity contribution in [2.75, 3.05) is 0 Å². The molecule has 1 heterocycles. The zero-order valence-electron chi connectivity index (χ0n) is 7.61. The Labute approximate surface area is 86.7 Å². The summed E-state index contributed by atoms with van der Waals surface area (Å²) in [7, 11) is -4.00. The monoisotopic (exact) mass is 227 g/mol. The van der Waals surface area contributed by atoms with E-state index in [1.165, 1.54) is 12.1 Å². The maximum atomic E-state index is 10.4. The van der Waals surface area contributed by atoms with E-state index >= 15 is 0 Å². The predicted molar refractivity (Wildman–Crippen MR) is 52.6 cm³/mol. The van der Waals surface area contributed by atoms with E-state index in [4.69, 9.17) is 4.55 Å². The van der Waals surface area contributed by atoms with Gasteiger partial charge in [0.1, 0.15) is 0 Å². The van der Waals surface area contributed by atoms with Gasteiger partial charge in [-0.05, 0) is 12.1 Å². The molecule has 1 aromatic heterocycles. The van der Waals surface area contributed by atoms with Crippen molar-refractivity contribution in [3.8, 4) is 0 Å². The summed E-state index contributed by atoms with van der Waals surface area (Å²) in [6, 6.07) is 7.42. The third kappa shape index (κ3) is 4.34. The molecule has 0 fully saturated rings. The lowest BCUT2D eigenvalue weighted by atomic mass is 10.4. The van der Waals surface area contributed by atoms with E-state index < -0.39 is 10.1 Å². The van der Waals surface area contributed by atoms with Crippen LogP contribution in [-0.4, -0.2) is 28.4 Å². The zero-order chi connectivity index (χ0) is 11.1. The topological polar surface area (TPSA) is 95.9 Å². The standard InChI is InChI=1S/C6H6O3S.C2H3N3/c7-10(8,9)6-4-2-1-3-5-6;1-2-4-5-3-1/h1-5H,(H,7,8,9);1-2H,(H,3,4,5). The molecule has 1 aromatic carbocycles. The zero-order valence-corrected chi connectivity index (χ0v) is 8.42. The molecule has 0 aliphatic heterocycles. The Morgan fingerprint density at radius 3 is 2.13 bits per heavy atom. The summed E-state index contributed by atoms with van der Waals surface area (Å²) in [5, 5.41) is 9.26. The van der Waals surface area contributed by atoms with Crippen LogP contribution in [0, 0.1) is 0 Å². The van der Waals surface area contributed by atoms with Crippen molar-refractivity contribution in [1.29, 1.82) is 0 Å². The molecule has 6 nitrogen and oxygen atoms in total. The molecule has 0 atom stereocenters. The number of nitrogens with zero attached hydrogens (tertiary/aromatic N) is 2. The van der Waals surface area contributed by atoms with Gasteiger partial charge in [0.2, 0.25) is 0 Å². The van der Waals surface area contributed by atoms with Crippen LogP contribution in [0.3, 0.4) is 0 Å². The molecule has 15 heavy (non-hydrogen) atoms. The molecule has 7 heteroatoms. The Morgan fingerprint density at radius 2 is 1.87 bits per heavy atom. The van der Waals surface area contributed by atoms with Crippen molar-refractivity contribution in [3.05, 3.63) is 42.7 Å². The quantitative estimate of drug-likeness (QED) is 0.700. The molecular formula is C8H9N3O3S. The predicted octanol–water partition coefficient (Wildman–Crippen LogP) is 0.738.